The number of piperidine rings is 2. The van der Waals surface area contributed by atoms with Crippen molar-refractivity contribution in [3.05, 3.63) is 12.2 Å². The Kier molecular flexibility index (Phi) is 3.95. The van der Waals surface area contributed by atoms with Gasteiger partial charge < -0.3 is 4.74 Å². The summed E-state index contributed by atoms with van der Waals surface area (Å²) in [6, 6.07) is -0.386. The van der Waals surface area contributed by atoms with Crippen molar-refractivity contribution < 1.29 is 14.3 Å². The van der Waals surface area contributed by atoms with Crippen LogP contribution in [0.2, 0.25) is 0 Å². The Morgan fingerprint density at radius 1 is 1.37 bits per heavy atom. The number of carbonyl (C=O) groups excluding carboxylic acids is 2. The second kappa shape index (κ2) is 5.07. The Hall–Kier alpha value is -0.590. The van der Waals surface area contributed by atoms with Crippen molar-refractivity contribution in [2.75, 3.05) is 0 Å². The van der Waals surface area contributed by atoms with Gasteiger partial charge in [-0.2, -0.15) is 0 Å². The van der Waals surface area contributed by atoms with Gasteiger partial charge in [0.2, 0.25) is 3.79 Å². The van der Waals surface area contributed by atoms with Crippen LogP contribution in [0.25, 0.3) is 0 Å². The molecule has 3 rings (SSSR count). The zero-order valence-corrected chi connectivity index (χ0v) is 13.8. The minimum atomic E-state index is -0.548. The molecule has 0 aromatic carbocycles. The van der Waals surface area contributed by atoms with Gasteiger partial charge in [-0.25, -0.2) is 4.79 Å². The van der Waals surface area contributed by atoms with E-state index < -0.39 is 11.7 Å². The number of halogens is 1. The minimum Gasteiger partial charge on any atom is -0.444 e. The summed E-state index contributed by atoms with van der Waals surface area (Å²) in [7, 11) is 0. The Labute approximate surface area is 127 Å². The smallest absolute Gasteiger partial charge is 0.411 e. The first-order valence-corrected chi connectivity index (χ1v) is 7.67. The number of hydrogen-bond donors (Lipinski definition) is 0. The van der Waals surface area contributed by atoms with Crippen molar-refractivity contribution in [1.29, 1.82) is 0 Å². The molecule has 2 saturated heterocycles. The zero-order valence-electron chi connectivity index (χ0n) is 11.6. The maximum absolute atomic E-state index is 12.4. The van der Waals surface area contributed by atoms with E-state index in [1.807, 2.05) is 20.8 Å². The topological polar surface area (TPSA) is 46.6 Å². The Morgan fingerprint density at radius 2 is 2.00 bits per heavy atom. The average molecular weight is 377 g/mol. The predicted molar refractivity (Wildman–Crippen MR) is 81.2 cm³/mol. The van der Waals surface area contributed by atoms with E-state index >= 15 is 0 Å². The van der Waals surface area contributed by atoms with Crippen LogP contribution in [0.4, 0.5) is 4.79 Å². The van der Waals surface area contributed by atoms with Gasteiger partial charge in [0.05, 0.1) is 6.04 Å². The van der Waals surface area contributed by atoms with Crippen molar-refractivity contribution in [1.82, 2.24) is 4.90 Å². The SMILES string of the molecule is C=C1C[C@H]2CC[C@@H]1N(C(=O)OC(C)(C)C)[C@@H]2C(=O)I. The van der Waals surface area contributed by atoms with E-state index in [0.717, 1.165) is 24.8 Å². The lowest BCUT2D eigenvalue weighted by molar-refractivity contribution is -0.120. The highest BCUT2D eigenvalue weighted by Gasteiger charge is 2.49. The third-order valence-corrected chi connectivity index (χ3v) is 4.36. The quantitative estimate of drug-likeness (QED) is 0.400. The van der Waals surface area contributed by atoms with E-state index in [4.69, 9.17) is 4.74 Å². The summed E-state index contributed by atoms with van der Waals surface area (Å²) in [6.45, 7) is 9.56. The van der Waals surface area contributed by atoms with Gasteiger partial charge in [0, 0.05) is 22.6 Å². The molecule has 3 fully saturated rings. The van der Waals surface area contributed by atoms with Crippen molar-refractivity contribution in [2.45, 2.75) is 57.7 Å². The fraction of sp³-hybridized carbons (Fsp3) is 0.714. The highest BCUT2D eigenvalue weighted by Crippen LogP contribution is 2.43. The van der Waals surface area contributed by atoms with Gasteiger partial charge in [0.1, 0.15) is 11.6 Å². The maximum Gasteiger partial charge on any atom is 0.411 e. The fourth-order valence-corrected chi connectivity index (χ4v) is 3.84. The molecule has 3 aliphatic rings. The van der Waals surface area contributed by atoms with Gasteiger partial charge in [-0.1, -0.05) is 12.2 Å². The second-order valence-corrected chi connectivity index (χ2v) is 7.42. The number of fused-ring (bicyclic) bond motifs is 3. The lowest BCUT2D eigenvalue weighted by atomic mass is 9.73. The number of rotatable bonds is 1. The largest absolute Gasteiger partial charge is 0.444 e. The Morgan fingerprint density at radius 3 is 2.47 bits per heavy atom. The molecule has 0 spiro atoms. The van der Waals surface area contributed by atoms with E-state index in [2.05, 4.69) is 6.58 Å². The van der Waals surface area contributed by atoms with Crippen molar-refractivity contribution in [2.24, 2.45) is 5.92 Å². The standard InChI is InChI=1S/C14H20INO3/c1-8-7-9-5-6-10(8)16(11(9)12(15)17)13(18)19-14(2,3)4/h9-11H,1,5-7H2,2-4H3/t9-,10+,11+/m1/s1. The Bertz CT molecular complexity index is 427. The molecule has 0 unspecified atom stereocenters. The molecule has 1 amide bonds. The summed E-state index contributed by atoms with van der Waals surface area (Å²) >= 11 is 1.80. The number of amides is 1. The van der Waals surface area contributed by atoms with Gasteiger partial charge in [-0.15, -0.1) is 0 Å². The molecule has 0 radical (unpaired) electrons. The van der Waals surface area contributed by atoms with Crippen LogP contribution in [-0.4, -0.2) is 32.5 Å². The summed E-state index contributed by atoms with van der Waals surface area (Å²) in [5.74, 6) is 0.203. The van der Waals surface area contributed by atoms with E-state index in [1.165, 1.54) is 0 Å². The van der Waals surface area contributed by atoms with Crippen LogP contribution in [0, 0.1) is 5.92 Å². The minimum absolute atomic E-state index is 0.0191. The molecule has 2 heterocycles. The molecule has 0 aromatic heterocycles. The van der Waals surface area contributed by atoms with Crippen LogP contribution in [0.5, 0.6) is 0 Å². The highest BCUT2D eigenvalue weighted by molar-refractivity contribution is 14.1. The van der Waals surface area contributed by atoms with Gasteiger partial charge in [-0.05, 0) is 46.0 Å². The molecule has 1 saturated carbocycles. The molecule has 1 aliphatic carbocycles. The molecular formula is C14H20INO3. The Balaban J connectivity index is 2.26. The summed E-state index contributed by atoms with van der Waals surface area (Å²) in [5.41, 5.74) is 0.504. The predicted octanol–water partition coefficient (Wildman–Crippen LogP) is 3.29. The first-order valence-electron chi connectivity index (χ1n) is 6.59. The van der Waals surface area contributed by atoms with E-state index in [1.54, 1.807) is 27.5 Å². The molecule has 19 heavy (non-hydrogen) atoms. The number of hydrogen-bond acceptors (Lipinski definition) is 3. The van der Waals surface area contributed by atoms with E-state index in [9.17, 15) is 9.59 Å². The van der Waals surface area contributed by atoms with Crippen molar-refractivity contribution in [3.63, 3.8) is 0 Å². The number of ether oxygens (including phenoxy) is 1. The van der Waals surface area contributed by atoms with Gasteiger partial charge in [0.25, 0.3) is 0 Å². The van der Waals surface area contributed by atoms with Gasteiger partial charge in [0.15, 0.2) is 0 Å². The van der Waals surface area contributed by atoms with Gasteiger partial charge in [-0.3, -0.25) is 9.69 Å². The third-order valence-electron chi connectivity index (χ3n) is 3.73. The first kappa shape index (κ1) is 14.8. The third kappa shape index (κ3) is 2.95. The molecule has 0 N–H and O–H groups in total. The summed E-state index contributed by atoms with van der Waals surface area (Å²) in [4.78, 5) is 25.9. The average Bonchev–Trinajstić information content (AvgIpc) is 2.25. The van der Waals surface area contributed by atoms with E-state index in [-0.39, 0.29) is 21.8 Å². The fourth-order valence-electron chi connectivity index (χ4n) is 3.03. The number of carbonyl (C=O) groups is 2. The second-order valence-electron chi connectivity index (χ2n) is 6.35. The van der Waals surface area contributed by atoms with Crippen LogP contribution in [0.1, 0.15) is 40.0 Å². The molecule has 106 valence electrons. The van der Waals surface area contributed by atoms with Gasteiger partial charge >= 0.3 is 6.09 Å². The molecule has 3 atom stereocenters. The zero-order chi connectivity index (χ0) is 14.4. The van der Waals surface area contributed by atoms with Crippen LogP contribution >= 0.6 is 22.6 Å². The maximum atomic E-state index is 12.4. The summed E-state index contributed by atoms with van der Waals surface area (Å²) in [6.07, 6.45) is 2.34. The van der Waals surface area contributed by atoms with Crippen LogP contribution in [-0.2, 0) is 9.53 Å². The highest BCUT2D eigenvalue weighted by atomic mass is 127. The normalized spacial score (nSPS) is 30.4. The van der Waals surface area contributed by atoms with Crippen LogP contribution in [0.15, 0.2) is 12.2 Å². The molecule has 2 bridgehead atoms. The van der Waals surface area contributed by atoms with Crippen molar-refractivity contribution in [3.8, 4) is 0 Å². The van der Waals surface area contributed by atoms with Crippen molar-refractivity contribution >= 4 is 32.5 Å². The molecule has 4 nitrogen and oxygen atoms in total. The molecule has 2 aliphatic heterocycles. The van der Waals surface area contributed by atoms with Crippen LogP contribution in [0.3, 0.4) is 0 Å². The molecule has 0 aromatic rings. The van der Waals surface area contributed by atoms with Crippen LogP contribution < -0.4 is 0 Å². The van der Waals surface area contributed by atoms with E-state index in [0.29, 0.717) is 0 Å². The molecule has 5 heteroatoms. The lowest BCUT2D eigenvalue weighted by Crippen LogP contribution is -2.61. The lowest BCUT2D eigenvalue weighted by Gasteiger charge is -2.50. The summed E-state index contributed by atoms with van der Waals surface area (Å²) in [5, 5.41) is 0. The monoisotopic (exact) mass is 377 g/mol. The summed E-state index contributed by atoms with van der Waals surface area (Å²) < 4.78 is 5.47. The molecular weight excluding hydrogens is 357 g/mol. The number of nitrogens with zero attached hydrogens (tertiary/aromatic N) is 1. The first-order chi connectivity index (χ1) is 8.70.